The fraction of sp³-hybridized carbons (Fsp3) is 0. The van der Waals surface area contributed by atoms with Crippen molar-refractivity contribution in [1.29, 1.82) is 0 Å². The highest BCUT2D eigenvalue weighted by molar-refractivity contribution is 9.10. The molecule has 1 N–H and O–H groups in total. The van der Waals surface area contributed by atoms with Gasteiger partial charge in [0.2, 0.25) is 12.3 Å². The van der Waals surface area contributed by atoms with E-state index in [1.54, 1.807) is 36.4 Å². The summed E-state index contributed by atoms with van der Waals surface area (Å²) < 4.78 is 5.78. The van der Waals surface area contributed by atoms with Crippen LogP contribution in [-0.4, -0.2) is 21.1 Å². The van der Waals surface area contributed by atoms with Crippen molar-refractivity contribution in [1.82, 2.24) is 15.2 Å². The Bertz CT molecular complexity index is 740. The highest BCUT2D eigenvalue weighted by Gasteiger charge is 2.07. The van der Waals surface area contributed by atoms with Crippen LogP contribution in [0.15, 0.2) is 58.0 Å². The minimum atomic E-state index is -0.222. The molecule has 0 saturated carbocycles. The fourth-order valence-electron chi connectivity index (χ4n) is 1.71. The summed E-state index contributed by atoms with van der Waals surface area (Å²) in [6.45, 7) is 0. The summed E-state index contributed by atoms with van der Waals surface area (Å²) in [7, 11) is 0. The van der Waals surface area contributed by atoms with Crippen LogP contribution in [0.2, 0.25) is 0 Å². The van der Waals surface area contributed by atoms with Gasteiger partial charge in [0.25, 0.3) is 5.91 Å². The predicted octanol–water partition coefficient (Wildman–Crippen LogP) is 3.15. The van der Waals surface area contributed by atoms with E-state index in [4.69, 9.17) is 4.42 Å². The third kappa shape index (κ3) is 3.14. The van der Waals surface area contributed by atoms with Crippen LogP contribution in [0.5, 0.6) is 0 Å². The van der Waals surface area contributed by atoms with Gasteiger partial charge in [0.1, 0.15) is 4.60 Å². The van der Waals surface area contributed by atoms with Crippen LogP contribution >= 0.6 is 15.9 Å². The van der Waals surface area contributed by atoms with E-state index in [9.17, 15) is 4.79 Å². The third-order valence-corrected chi connectivity index (χ3v) is 3.21. The molecule has 1 aromatic carbocycles. The Morgan fingerprint density at radius 1 is 1.14 bits per heavy atom. The van der Waals surface area contributed by atoms with Crippen molar-refractivity contribution in [3.63, 3.8) is 0 Å². The van der Waals surface area contributed by atoms with Gasteiger partial charge in [0.15, 0.2) is 0 Å². The topological polar surface area (TPSA) is 80.9 Å². The van der Waals surface area contributed by atoms with E-state index in [-0.39, 0.29) is 5.91 Å². The summed E-state index contributed by atoms with van der Waals surface area (Å²) >= 11 is 3.23. The second kappa shape index (κ2) is 5.84. The lowest BCUT2D eigenvalue weighted by atomic mass is 10.2. The van der Waals surface area contributed by atoms with Gasteiger partial charge in [0, 0.05) is 17.4 Å². The zero-order valence-electron chi connectivity index (χ0n) is 10.7. The number of carbonyl (C=O) groups excluding carboxylic acids is 1. The molecular weight excluding hydrogens is 336 g/mol. The molecule has 2 aromatic heterocycles. The van der Waals surface area contributed by atoms with E-state index in [1.807, 2.05) is 0 Å². The van der Waals surface area contributed by atoms with Crippen molar-refractivity contribution >= 4 is 27.5 Å². The van der Waals surface area contributed by atoms with Crippen LogP contribution in [0.1, 0.15) is 10.4 Å². The molecule has 0 aliphatic carbocycles. The van der Waals surface area contributed by atoms with E-state index in [0.717, 1.165) is 5.56 Å². The first-order valence-electron chi connectivity index (χ1n) is 6.02. The second-order valence-electron chi connectivity index (χ2n) is 4.14. The van der Waals surface area contributed by atoms with Gasteiger partial charge in [0.05, 0.1) is 5.56 Å². The van der Waals surface area contributed by atoms with Crippen LogP contribution in [-0.2, 0) is 0 Å². The number of nitrogens with zero attached hydrogens (tertiary/aromatic N) is 3. The van der Waals surface area contributed by atoms with Crippen LogP contribution < -0.4 is 5.32 Å². The van der Waals surface area contributed by atoms with Gasteiger partial charge >= 0.3 is 0 Å². The number of rotatable bonds is 3. The number of amides is 1. The number of hydrogen-bond donors (Lipinski definition) is 1. The summed E-state index contributed by atoms with van der Waals surface area (Å²) in [5, 5.41) is 10.2. The maximum Gasteiger partial charge on any atom is 0.257 e. The number of aromatic nitrogens is 3. The molecule has 3 rings (SSSR count). The van der Waals surface area contributed by atoms with Crippen molar-refractivity contribution in [3.05, 3.63) is 59.2 Å². The van der Waals surface area contributed by atoms with Crippen LogP contribution in [0, 0.1) is 0 Å². The number of pyridine rings is 1. The van der Waals surface area contributed by atoms with E-state index in [1.165, 1.54) is 12.6 Å². The molecular formula is C14H9BrN4O2. The number of anilines is 1. The average molecular weight is 345 g/mol. The Kier molecular flexibility index (Phi) is 3.74. The molecule has 3 aromatic rings. The lowest BCUT2D eigenvalue weighted by Gasteiger charge is -2.05. The van der Waals surface area contributed by atoms with Gasteiger partial charge in [-0.1, -0.05) is 0 Å². The SMILES string of the molecule is O=C(Nc1ccc(-c2nnco2)cc1)c1ccc(Br)nc1. The first kappa shape index (κ1) is 13.4. The number of hydrogen-bond acceptors (Lipinski definition) is 5. The quantitative estimate of drug-likeness (QED) is 0.738. The molecule has 21 heavy (non-hydrogen) atoms. The Morgan fingerprint density at radius 2 is 1.95 bits per heavy atom. The third-order valence-electron chi connectivity index (χ3n) is 2.74. The first-order chi connectivity index (χ1) is 10.2. The summed E-state index contributed by atoms with van der Waals surface area (Å²) in [5.74, 6) is 0.213. The summed E-state index contributed by atoms with van der Waals surface area (Å²) in [6, 6.07) is 10.5. The Labute approximate surface area is 128 Å². The van der Waals surface area contributed by atoms with Crippen molar-refractivity contribution in [2.75, 3.05) is 5.32 Å². The van der Waals surface area contributed by atoms with Crippen molar-refractivity contribution in [2.45, 2.75) is 0 Å². The van der Waals surface area contributed by atoms with Crippen molar-refractivity contribution in [2.24, 2.45) is 0 Å². The van der Waals surface area contributed by atoms with E-state index >= 15 is 0 Å². The first-order valence-corrected chi connectivity index (χ1v) is 6.81. The van der Waals surface area contributed by atoms with Crippen LogP contribution in [0.25, 0.3) is 11.5 Å². The molecule has 0 aliphatic heterocycles. The molecule has 0 saturated heterocycles. The molecule has 0 spiro atoms. The zero-order valence-corrected chi connectivity index (χ0v) is 12.2. The van der Waals surface area contributed by atoms with Gasteiger partial charge < -0.3 is 9.73 Å². The predicted molar refractivity (Wildman–Crippen MR) is 79.6 cm³/mol. The lowest BCUT2D eigenvalue weighted by molar-refractivity contribution is 0.102. The number of nitrogens with one attached hydrogen (secondary N) is 1. The van der Waals surface area contributed by atoms with Gasteiger partial charge in [-0.2, -0.15) is 0 Å². The second-order valence-corrected chi connectivity index (χ2v) is 4.96. The Morgan fingerprint density at radius 3 is 2.57 bits per heavy atom. The van der Waals surface area contributed by atoms with Crippen LogP contribution in [0.3, 0.4) is 0 Å². The van der Waals surface area contributed by atoms with Gasteiger partial charge in [-0.15, -0.1) is 10.2 Å². The molecule has 2 heterocycles. The molecule has 0 atom stereocenters. The Hall–Kier alpha value is -2.54. The molecule has 6 nitrogen and oxygen atoms in total. The normalized spacial score (nSPS) is 10.3. The minimum absolute atomic E-state index is 0.222. The van der Waals surface area contributed by atoms with E-state index in [2.05, 4.69) is 36.4 Å². The molecule has 0 unspecified atom stereocenters. The summed E-state index contributed by atoms with van der Waals surface area (Å²) in [4.78, 5) is 16.0. The summed E-state index contributed by atoms with van der Waals surface area (Å²) in [6.07, 6.45) is 2.78. The molecule has 0 radical (unpaired) electrons. The number of halogens is 1. The standard InChI is InChI=1S/C14H9BrN4O2/c15-12-6-3-10(7-16-12)13(20)18-11-4-1-9(2-5-11)14-19-17-8-21-14/h1-8H,(H,18,20). The van der Waals surface area contributed by atoms with Crippen molar-refractivity contribution < 1.29 is 9.21 Å². The lowest BCUT2D eigenvalue weighted by Crippen LogP contribution is -2.11. The van der Waals surface area contributed by atoms with E-state index in [0.29, 0.717) is 21.7 Å². The monoisotopic (exact) mass is 344 g/mol. The fourth-order valence-corrected chi connectivity index (χ4v) is 1.94. The highest BCUT2D eigenvalue weighted by atomic mass is 79.9. The summed E-state index contributed by atoms with van der Waals surface area (Å²) in [5.41, 5.74) is 1.95. The molecule has 104 valence electrons. The van der Waals surface area contributed by atoms with E-state index < -0.39 is 0 Å². The molecule has 7 heteroatoms. The van der Waals surface area contributed by atoms with Gasteiger partial charge in [-0.05, 0) is 52.3 Å². The van der Waals surface area contributed by atoms with Gasteiger partial charge in [-0.25, -0.2) is 4.98 Å². The van der Waals surface area contributed by atoms with Gasteiger partial charge in [-0.3, -0.25) is 4.79 Å². The van der Waals surface area contributed by atoms with Crippen LogP contribution in [0.4, 0.5) is 5.69 Å². The zero-order chi connectivity index (χ0) is 14.7. The average Bonchev–Trinajstić information content (AvgIpc) is 3.03. The largest absolute Gasteiger partial charge is 0.423 e. The molecule has 0 fully saturated rings. The number of carbonyl (C=O) groups is 1. The maximum atomic E-state index is 12.0. The maximum absolute atomic E-state index is 12.0. The Balaban J connectivity index is 1.73. The minimum Gasteiger partial charge on any atom is -0.423 e. The molecule has 0 bridgehead atoms. The van der Waals surface area contributed by atoms with Crippen molar-refractivity contribution in [3.8, 4) is 11.5 Å². The number of benzene rings is 1. The molecule has 0 aliphatic rings. The highest BCUT2D eigenvalue weighted by Crippen LogP contribution is 2.19. The smallest absolute Gasteiger partial charge is 0.257 e. The molecule has 1 amide bonds.